The predicted molar refractivity (Wildman–Crippen MR) is 131 cm³/mol. The number of nitrogens with zero attached hydrogens (tertiary/aromatic N) is 4. The van der Waals surface area contributed by atoms with E-state index in [9.17, 15) is 14.3 Å². The standard InChI is InChI=1S/C24H25ClFN5O3S/c25-16-8-18-22-21(17(26)10-29-18)24(33,12-31(22)23(16)32)3-6-30-4-1-14(2-5-30)27-9-15-7-20-19(11-28-15)34-13-35-20/h7-8,10-11,14,27,33H,1-6,9,12-13H2. The molecule has 2 N–H and O–H groups in total. The monoisotopic (exact) mass is 517 g/mol. The van der Waals surface area contributed by atoms with Gasteiger partial charge in [0.25, 0.3) is 5.56 Å². The Morgan fingerprint density at radius 1 is 1.29 bits per heavy atom. The number of hydrogen-bond acceptors (Lipinski definition) is 8. The van der Waals surface area contributed by atoms with Gasteiger partial charge < -0.3 is 24.6 Å². The molecule has 0 aliphatic carbocycles. The molecule has 1 fully saturated rings. The van der Waals surface area contributed by atoms with E-state index in [4.69, 9.17) is 16.3 Å². The maximum Gasteiger partial charge on any atom is 0.270 e. The molecule has 35 heavy (non-hydrogen) atoms. The summed E-state index contributed by atoms with van der Waals surface area (Å²) in [5.74, 6) is 0.914. The molecule has 1 atom stereocenters. The van der Waals surface area contributed by atoms with Gasteiger partial charge in [0, 0.05) is 24.7 Å². The molecule has 6 rings (SSSR count). The third kappa shape index (κ3) is 4.21. The van der Waals surface area contributed by atoms with Crippen LogP contribution in [0, 0.1) is 5.82 Å². The molecule has 0 amide bonds. The third-order valence-electron chi connectivity index (χ3n) is 7.22. The Bertz CT molecular complexity index is 1360. The first kappa shape index (κ1) is 23.2. The zero-order chi connectivity index (χ0) is 24.2. The largest absolute Gasteiger partial charge is 0.480 e. The Labute approximate surface area is 210 Å². The SMILES string of the molecule is O=c1c(Cl)cc2ncc(F)c3c2n1CC3(O)CCN1CCC(NCc2cc3c(cn2)OCS3)CC1. The summed E-state index contributed by atoms with van der Waals surface area (Å²) in [4.78, 5) is 24.5. The van der Waals surface area contributed by atoms with Crippen molar-refractivity contribution in [3.8, 4) is 5.75 Å². The number of aromatic nitrogens is 3. The third-order valence-corrected chi connectivity index (χ3v) is 8.36. The van der Waals surface area contributed by atoms with E-state index in [1.165, 1.54) is 10.6 Å². The Kier molecular flexibility index (Phi) is 5.96. The quantitative estimate of drug-likeness (QED) is 0.516. The molecule has 3 aromatic heterocycles. The fourth-order valence-electron chi connectivity index (χ4n) is 5.31. The number of nitrogens with one attached hydrogen (secondary N) is 1. The lowest BCUT2D eigenvalue weighted by molar-refractivity contribution is 0.00529. The first-order chi connectivity index (χ1) is 16.9. The summed E-state index contributed by atoms with van der Waals surface area (Å²) in [7, 11) is 0. The number of ether oxygens (including phenoxy) is 1. The average Bonchev–Trinajstić information content (AvgIpc) is 3.45. The van der Waals surface area contributed by atoms with Gasteiger partial charge in [-0.3, -0.25) is 14.8 Å². The van der Waals surface area contributed by atoms with Crippen LogP contribution in [0.1, 0.15) is 30.5 Å². The van der Waals surface area contributed by atoms with E-state index < -0.39 is 17.0 Å². The summed E-state index contributed by atoms with van der Waals surface area (Å²) in [6.45, 7) is 3.05. The number of thioether (sulfide) groups is 1. The molecule has 3 aliphatic rings. The molecule has 0 saturated carbocycles. The number of hydrogen-bond donors (Lipinski definition) is 2. The molecule has 0 spiro atoms. The Hall–Kier alpha value is -2.24. The molecule has 0 radical (unpaired) electrons. The van der Waals surface area contributed by atoms with Crippen LogP contribution in [0.4, 0.5) is 4.39 Å². The summed E-state index contributed by atoms with van der Waals surface area (Å²) in [6, 6.07) is 3.91. The molecular formula is C24H25ClFN5O3S. The number of fused-ring (bicyclic) bond motifs is 1. The van der Waals surface area contributed by atoms with E-state index in [2.05, 4.69) is 26.3 Å². The van der Waals surface area contributed by atoms with Gasteiger partial charge in [-0.15, -0.1) is 0 Å². The van der Waals surface area contributed by atoms with Crippen molar-refractivity contribution in [1.29, 1.82) is 0 Å². The van der Waals surface area contributed by atoms with Crippen molar-refractivity contribution in [2.75, 3.05) is 25.6 Å². The van der Waals surface area contributed by atoms with Crippen LogP contribution < -0.4 is 15.6 Å². The van der Waals surface area contributed by atoms with Crippen LogP contribution in [0.15, 0.2) is 34.2 Å². The van der Waals surface area contributed by atoms with Crippen molar-refractivity contribution in [2.24, 2.45) is 0 Å². The Morgan fingerprint density at radius 3 is 2.94 bits per heavy atom. The van der Waals surface area contributed by atoms with Gasteiger partial charge in [0.1, 0.15) is 22.4 Å². The number of aliphatic hydroxyl groups is 1. The molecule has 3 aliphatic heterocycles. The van der Waals surface area contributed by atoms with Gasteiger partial charge in [0.05, 0.1) is 40.6 Å². The summed E-state index contributed by atoms with van der Waals surface area (Å²) in [5.41, 5.74) is 0.0110. The molecule has 0 bridgehead atoms. The van der Waals surface area contributed by atoms with Gasteiger partial charge in [0.15, 0.2) is 5.75 Å². The van der Waals surface area contributed by atoms with Crippen molar-refractivity contribution in [1.82, 2.24) is 24.8 Å². The van der Waals surface area contributed by atoms with E-state index in [0.29, 0.717) is 42.5 Å². The van der Waals surface area contributed by atoms with Crippen LogP contribution in [0.3, 0.4) is 0 Å². The number of rotatable bonds is 6. The highest BCUT2D eigenvalue weighted by molar-refractivity contribution is 7.99. The fourth-order valence-corrected chi connectivity index (χ4v) is 6.31. The van der Waals surface area contributed by atoms with Gasteiger partial charge in [-0.2, -0.15) is 0 Å². The van der Waals surface area contributed by atoms with Gasteiger partial charge >= 0.3 is 0 Å². The molecule has 184 valence electrons. The second-order valence-corrected chi connectivity index (χ2v) is 10.8. The maximum absolute atomic E-state index is 14.8. The highest BCUT2D eigenvalue weighted by atomic mass is 35.5. The van der Waals surface area contributed by atoms with Gasteiger partial charge in [-0.25, -0.2) is 4.39 Å². The van der Waals surface area contributed by atoms with E-state index in [1.54, 1.807) is 18.0 Å². The lowest BCUT2D eigenvalue weighted by Crippen LogP contribution is -2.44. The van der Waals surface area contributed by atoms with Crippen molar-refractivity contribution in [3.05, 3.63) is 57.0 Å². The molecule has 1 saturated heterocycles. The van der Waals surface area contributed by atoms with Crippen LogP contribution in [-0.2, 0) is 18.7 Å². The molecule has 3 aromatic rings. The molecule has 8 nitrogen and oxygen atoms in total. The van der Waals surface area contributed by atoms with Crippen molar-refractivity contribution in [3.63, 3.8) is 0 Å². The normalized spacial score (nSPS) is 22.0. The van der Waals surface area contributed by atoms with Gasteiger partial charge in [-0.1, -0.05) is 23.4 Å². The van der Waals surface area contributed by atoms with Crippen molar-refractivity contribution < 1.29 is 14.2 Å². The minimum absolute atomic E-state index is 0.0172. The average molecular weight is 518 g/mol. The minimum atomic E-state index is -1.47. The summed E-state index contributed by atoms with van der Waals surface area (Å²) >= 11 is 7.74. The smallest absolute Gasteiger partial charge is 0.270 e. The second-order valence-electron chi connectivity index (χ2n) is 9.41. The van der Waals surface area contributed by atoms with Crippen molar-refractivity contribution in [2.45, 2.75) is 48.9 Å². The maximum atomic E-state index is 14.8. The van der Waals surface area contributed by atoms with E-state index in [-0.39, 0.29) is 17.1 Å². The zero-order valence-electron chi connectivity index (χ0n) is 19.0. The summed E-state index contributed by atoms with van der Waals surface area (Å²) in [6.07, 6.45) is 5.16. The number of pyridine rings is 3. The minimum Gasteiger partial charge on any atom is -0.480 e. The van der Waals surface area contributed by atoms with Crippen LogP contribution >= 0.6 is 23.4 Å². The number of piperidine rings is 1. The van der Waals surface area contributed by atoms with Gasteiger partial charge in [-0.05, 0) is 44.5 Å². The molecule has 0 aromatic carbocycles. The molecule has 1 unspecified atom stereocenters. The predicted octanol–water partition coefficient (Wildman–Crippen LogP) is 2.87. The number of halogens is 2. The van der Waals surface area contributed by atoms with E-state index >= 15 is 0 Å². The fraction of sp³-hybridized carbons (Fsp3) is 0.458. The second kappa shape index (κ2) is 9.01. The molecule has 11 heteroatoms. The summed E-state index contributed by atoms with van der Waals surface area (Å²) < 4.78 is 21.6. The lowest BCUT2D eigenvalue weighted by atomic mass is 9.91. The molecule has 6 heterocycles. The van der Waals surface area contributed by atoms with Crippen molar-refractivity contribution >= 4 is 34.4 Å². The highest BCUT2D eigenvalue weighted by Crippen LogP contribution is 2.40. The topological polar surface area (TPSA) is 92.5 Å². The van der Waals surface area contributed by atoms with Crippen LogP contribution in [0.25, 0.3) is 11.0 Å². The first-order valence-corrected chi connectivity index (χ1v) is 13.1. The lowest BCUT2D eigenvalue weighted by Gasteiger charge is -2.34. The molecular weight excluding hydrogens is 493 g/mol. The Balaban J connectivity index is 1.06. The van der Waals surface area contributed by atoms with Gasteiger partial charge in [0.2, 0.25) is 0 Å². The highest BCUT2D eigenvalue weighted by Gasteiger charge is 2.42. The summed E-state index contributed by atoms with van der Waals surface area (Å²) in [5, 5.41) is 15.1. The van der Waals surface area contributed by atoms with Crippen LogP contribution in [-0.4, -0.2) is 56.2 Å². The Morgan fingerprint density at radius 2 is 2.11 bits per heavy atom. The number of likely N-dealkylation sites (tertiary alicyclic amines) is 1. The first-order valence-electron chi connectivity index (χ1n) is 11.7. The van der Waals surface area contributed by atoms with E-state index in [1.807, 2.05) is 0 Å². The van der Waals surface area contributed by atoms with Crippen LogP contribution in [0.2, 0.25) is 5.02 Å². The van der Waals surface area contributed by atoms with Crippen LogP contribution in [0.5, 0.6) is 5.75 Å². The van der Waals surface area contributed by atoms with E-state index in [0.717, 1.165) is 48.5 Å². The zero-order valence-corrected chi connectivity index (χ0v) is 20.5.